The molecule has 1 aromatic carbocycles. The van der Waals surface area contributed by atoms with E-state index in [0.29, 0.717) is 12.0 Å². The molecule has 6 atom stereocenters. The number of nitrogens with one attached hydrogen (secondary N) is 2. The Hall–Kier alpha value is -3.20. The second kappa shape index (κ2) is 15.4. The standard InChI is InChI=1S/C29H42FN4O10P/c1-17(2)14-21(35)11-10-20-8-6-7-9-22(20)44-45(40,33-19(5)27(38)42-18(3)4)41-16-29(15-31)25(37)24(30)26(43-29)34-13-12-23(36)32-28(34)39/h6-9,12-13,17-19,24-26,37H,10-11,14-16,31H2,1-5H3,(H,33,40)(H,32,36,39)/t19?,24-,25+,26?,29-,45?/m1/s1. The summed E-state index contributed by atoms with van der Waals surface area (Å²) >= 11 is 0. The summed E-state index contributed by atoms with van der Waals surface area (Å²) in [5.41, 5.74) is 2.68. The van der Waals surface area contributed by atoms with Crippen LogP contribution in [0.5, 0.6) is 5.75 Å². The number of aromatic amines is 1. The quantitative estimate of drug-likeness (QED) is 0.152. The Balaban J connectivity index is 1.90. The van der Waals surface area contributed by atoms with E-state index < -0.39 is 74.4 Å². The molecule has 45 heavy (non-hydrogen) atoms. The van der Waals surface area contributed by atoms with Crippen molar-refractivity contribution in [3.63, 3.8) is 0 Å². The molecular weight excluding hydrogens is 614 g/mol. The number of nitrogens with zero attached hydrogens (tertiary/aromatic N) is 1. The molecule has 0 bridgehead atoms. The van der Waals surface area contributed by atoms with E-state index in [-0.39, 0.29) is 30.3 Å². The molecule has 0 amide bonds. The zero-order valence-corrected chi connectivity index (χ0v) is 26.8. The number of rotatable bonds is 16. The van der Waals surface area contributed by atoms with E-state index in [1.165, 1.54) is 13.0 Å². The number of aromatic nitrogens is 2. The number of ketones is 1. The van der Waals surface area contributed by atoms with Crippen molar-refractivity contribution in [2.75, 3.05) is 13.2 Å². The molecule has 1 saturated heterocycles. The number of benzene rings is 1. The summed E-state index contributed by atoms with van der Waals surface area (Å²) in [6, 6.07) is 6.27. The van der Waals surface area contributed by atoms with Gasteiger partial charge in [0, 0.05) is 31.6 Å². The van der Waals surface area contributed by atoms with Crippen LogP contribution in [0.4, 0.5) is 4.39 Å². The molecule has 0 spiro atoms. The second-order valence-corrected chi connectivity index (χ2v) is 13.3. The molecule has 14 nitrogen and oxygen atoms in total. The number of ether oxygens (including phenoxy) is 2. The third-order valence-electron chi connectivity index (χ3n) is 6.98. The van der Waals surface area contributed by atoms with Gasteiger partial charge in [0.2, 0.25) is 0 Å². The van der Waals surface area contributed by atoms with Gasteiger partial charge in [-0.05, 0) is 44.7 Å². The first kappa shape index (κ1) is 36.3. The van der Waals surface area contributed by atoms with Crippen molar-refractivity contribution in [3.8, 4) is 5.75 Å². The Labute approximate surface area is 260 Å². The molecule has 0 saturated carbocycles. The van der Waals surface area contributed by atoms with E-state index >= 15 is 4.39 Å². The van der Waals surface area contributed by atoms with Crippen LogP contribution in [0.15, 0.2) is 46.1 Å². The fourth-order valence-electron chi connectivity index (χ4n) is 4.68. The highest BCUT2D eigenvalue weighted by molar-refractivity contribution is 7.52. The van der Waals surface area contributed by atoms with Gasteiger partial charge < -0.3 is 24.8 Å². The van der Waals surface area contributed by atoms with E-state index in [0.717, 1.165) is 16.8 Å². The number of carbonyl (C=O) groups excluding carboxylic acids is 2. The minimum atomic E-state index is -4.57. The second-order valence-electron chi connectivity index (χ2n) is 11.6. The van der Waals surface area contributed by atoms with Crippen LogP contribution in [0.1, 0.15) is 59.3 Å². The minimum absolute atomic E-state index is 0.0385. The lowest BCUT2D eigenvalue weighted by Gasteiger charge is -2.32. The Morgan fingerprint density at radius 2 is 1.89 bits per heavy atom. The van der Waals surface area contributed by atoms with E-state index in [1.54, 1.807) is 32.0 Å². The van der Waals surface area contributed by atoms with Gasteiger partial charge >= 0.3 is 19.4 Å². The summed E-state index contributed by atoms with van der Waals surface area (Å²) < 4.78 is 52.9. The van der Waals surface area contributed by atoms with Crippen molar-refractivity contribution in [2.45, 2.75) is 90.1 Å². The molecule has 1 aliphatic heterocycles. The maximum absolute atomic E-state index is 15.4. The molecule has 3 unspecified atom stereocenters. The number of aryl methyl sites for hydroxylation is 1. The van der Waals surface area contributed by atoms with Crippen LogP contribution < -0.4 is 26.6 Å². The fourth-order valence-corrected chi connectivity index (χ4v) is 6.26. The number of halogens is 1. The number of hydrogen-bond donors (Lipinski definition) is 4. The monoisotopic (exact) mass is 656 g/mol. The zero-order valence-electron chi connectivity index (χ0n) is 25.9. The lowest BCUT2D eigenvalue weighted by molar-refractivity contribution is -0.149. The van der Waals surface area contributed by atoms with Crippen LogP contribution in [0.25, 0.3) is 0 Å². The summed E-state index contributed by atoms with van der Waals surface area (Å²) in [5.74, 6) is -0.456. The molecule has 1 fully saturated rings. The molecule has 16 heteroatoms. The predicted molar refractivity (Wildman–Crippen MR) is 161 cm³/mol. The molecule has 3 rings (SSSR count). The molecule has 2 heterocycles. The Kier molecular flexibility index (Phi) is 12.4. The van der Waals surface area contributed by atoms with E-state index in [9.17, 15) is 28.8 Å². The summed E-state index contributed by atoms with van der Waals surface area (Å²) in [4.78, 5) is 50.8. The number of nitrogens with two attached hydrogens (primary N) is 1. The summed E-state index contributed by atoms with van der Waals surface area (Å²) in [6.07, 6.45) is -4.51. The lowest BCUT2D eigenvalue weighted by Crippen LogP contribution is -2.52. The third kappa shape index (κ3) is 9.41. The molecule has 5 N–H and O–H groups in total. The molecular formula is C29H42FN4O10P. The number of esters is 1. The highest BCUT2D eigenvalue weighted by atomic mass is 31.2. The maximum atomic E-state index is 15.4. The number of hydrogen-bond acceptors (Lipinski definition) is 11. The molecule has 250 valence electrons. The van der Waals surface area contributed by atoms with Crippen molar-refractivity contribution in [1.29, 1.82) is 0 Å². The van der Waals surface area contributed by atoms with Crippen molar-refractivity contribution >= 4 is 19.5 Å². The number of carbonyl (C=O) groups is 2. The van der Waals surface area contributed by atoms with Gasteiger partial charge in [0.25, 0.3) is 5.56 Å². The Morgan fingerprint density at radius 1 is 1.20 bits per heavy atom. The average Bonchev–Trinajstić information content (AvgIpc) is 3.20. The van der Waals surface area contributed by atoms with Crippen LogP contribution >= 0.6 is 7.75 Å². The van der Waals surface area contributed by atoms with E-state index in [1.807, 2.05) is 18.8 Å². The van der Waals surface area contributed by atoms with Crippen molar-refractivity contribution in [2.24, 2.45) is 11.7 Å². The molecule has 0 radical (unpaired) electrons. The molecule has 2 aromatic rings. The van der Waals surface area contributed by atoms with Crippen molar-refractivity contribution in [3.05, 3.63) is 62.9 Å². The number of aliphatic hydroxyl groups is 1. The maximum Gasteiger partial charge on any atom is 0.459 e. The summed E-state index contributed by atoms with van der Waals surface area (Å²) in [7, 11) is -4.57. The van der Waals surface area contributed by atoms with Crippen LogP contribution in [0, 0.1) is 5.92 Å². The predicted octanol–water partition coefficient (Wildman–Crippen LogP) is 2.14. The zero-order chi connectivity index (χ0) is 33.5. The minimum Gasteiger partial charge on any atom is -0.462 e. The Bertz CT molecular complexity index is 1500. The van der Waals surface area contributed by atoms with Crippen molar-refractivity contribution < 1.29 is 42.2 Å². The first-order valence-electron chi connectivity index (χ1n) is 14.6. The number of aliphatic hydroxyl groups excluding tert-OH is 1. The Morgan fingerprint density at radius 3 is 2.51 bits per heavy atom. The SMILES string of the molecule is CC(C)CC(=O)CCc1ccccc1OP(=O)(NC(C)C(=O)OC(C)C)OC[C@@]1(CN)OC(n2ccc(=O)[nH]c2=O)[C@H](F)[C@@H]1O. The molecule has 0 aliphatic carbocycles. The van der Waals surface area contributed by atoms with Crippen LogP contribution in [-0.2, 0) is 34.6 Å². The van der Waals surface area contributed by atoms with Gasteiger partial charge in [-0.2, -0.15) is 5.09 Å². The average molecular weight is 657 g/mol. The number of Topliss-reactive ketones (excluding diaryl/α,β-unsaturated/α-hetero) is 1. The van der Waals surface area contributed by atoms with Crippen LogP contribution in [-0.4, -0.2) is 69.6 Å². The van der Waals surface area contributed by atoms with Crippen LogP contribution in [0.2, 0.25) is 0 Å². The van der Waals surface area contributed by atoms with Gasteiger partial charge in [-0.15, -0.1) is 0 Å². The van der Waals surface area contributed by atoms with Gasteiger partial charge in [-0.25, -0.2) is 13.8 Å². The summed E-state index contributed by atoms with van der Waals surface area (Å²) in [5, 5.41) is 13.4. The largest absolute Gasteiger partial charge is 0.462 e. The topological polar surface area (TPSA) is 201 Å². The molecule has 1 aromatic heterocycles. The fraction of sp³-hybridized carbons (Fsp3) is 0.586. The third-order valence-corrected chi connectivity index (χ3v) is 8.59. The van der Waals surface area contributed by atoms with Gasteiger partial charge in [-0.3, -0.25) is 28.5 Å². The van der Waals surface area contributed by atoms with Gasteiger partial charge in [0.05, 0.1) is 12.7 Å². The van der Waals surface area contributed by atoms with Crippen LogP contribution in [0.3, 0.4) is 0 Å². The van der Waals surface area contributed by atoms with Gasteiger partial charge in [0.15, 0.2) is 12.4 Å². The van der Waals surface area contributed by atoms with Gasteiger partial charge in [0.1, 0.15) is 29.3 Å². The lowest BCUT2D eigenvalue weighted by atomic mass is 9.97. The first-order valence-corrected chi connectivity index (χ1v) is 16.2. The smallest absolute Gasteiger partial charge is 0.459 e. The molecule has 1 aliphatic rings. The number of alkyl halides is 1. The highest BCUT2D eigenvalue weighted by Gasteiger charge is 2.57. The normalized spacial score (nSPS) is 23.6. The number of H-pyrrole nitrogens is 1. The van der Waals surface area contributed by atoms with Gasteiger partial charge in [-0.1, -0.05) is 32.0 Å². The summed E-state index contributed by atoms with van der Waals surface area (Å²) in [6.45, 7) is 7.14. The van der Waals surface area contributed by atoms with E-state index in [4.69, 9.17) is 24.3 Å². The van der Waals surface area contributed by atoms with Crippen molar-refractivity contribution in [1.82, 2.24) is 14.6 Å². The number of para-hydroxylation sites is 1. The first-order chi connectivity index (χ1) is 21.1. The van der Waals surface area contributed by atoms with E-state index in [2.05, 4.69) is 5.09 Å². The highest BCUT2D eigenvalue weighted by Crippen LogP contribution is 2.49.